The third-order valence-electron chi connectivity index (χ3n) is 3.12. The van der Waals surface area contributed by atoms with Gasteiger partial charge in [0.15, 0.2) is 0 Å². The smallest absolute Gasteiger partial charge is 0.147 e. The molecule has 2 rings (SSSR count). The molecule has 1 aromatic carbocycles. The molecule has 0 amide bonds. The van der Waals surface area contributed by atoms with Gasteiger partial charge in [-0.1, -0.05) is 31.2 Å². The van der Waals surface area contributed by atoms with Crippen LogP contribution in [0.25, 0.3) is 0 Å². The van der Waals surface area contributed by atoms with E-state index in [9.17, 15) is 0 Å². The van der Waals surface area contributed by atoms with E-state index in [0.717, 1.165) is 6.42 Å². The highest BCUT2D eigenvalue weighted by molar-refractivity contribution is 5.34. The van der Waals surface area contributed by atoms with Crippen molar-refractivity contribution < 1.29 is 9.47 Å². The molecule has 2 atom stereocenters. The predicted molar refractivity (Wildman–Crippen MR) is 59.8 cm³/mol. The van der Waals surface area contributed by atoms with Crippen LogP contribution in [-0.2, 0) is 9.47 Å². The molecule has 0 radical (unpaired) electrons. The second-order valence-electron chi connectivity index (χ2n) is 4.17. The van der Waals surface area contributed by atoms with Crippen LogP contribution < -0.4 is 0 Å². The summed E-state index contributed by atoms with van der Waals surface area (Å²) in [4.78, 5) is 0. The molecule has 0 aliphatic heterocycles. The molecule has 0 bridgehead atoms. The topological polar surface area (TPSA) is 18.5 Å². The summed E-state index contributed by atoms with van der Waals surface area (Å²) in [5.74, 6) is 0.656. The van der Waals surface area contributed by atoms with Gasteiger partial charge in [-0.3, -0.25) is 0 Å². The molecule has 2 unspecified atom stereocenters. The average molecular weight is 206 g/mol. The van der Waals surface area contributed by atoms with Crippen LogP contribution in [0.4, 0.5) is 0 Å². The van der Waals surface area contributed by atoms with E-state index < -0.39 is 0 Å². The van der Waals surface area contributed by atoms with E-state index in [2.05, 4.69) is 31.2 Å². The maximum atomic E-state index is 5.68. The minimum atomic E-state index is 0.220. The summed E-state index contributed by atoms with van der Waals surface area (Å²) in [7, 11) is 1.66. The molecule has 0 heterocycles. The van der Waals surface area contributed by atoms with Gasteiger partial charge in [-0.15, -0.1) is 0 Å². The van der Waals surface area contributed by atoms with Crippen LogP contribution in [0.1, 0.15) is 42.9 Å². The highest BCUT2D eigenvalue weighted by Gasteiger charge is 2.24. The van der Waals surface area contributed by atoms with Crippen molar-refractivity contribution in [3.05, 3.63) is 35.4 Å². The van der Waals surface area contributed by atoms with E-state index in [1.54, 1.807) is 7.11 Å². The molecule has 2 heteroatoms. The van der Waals surface area contributed by atoms with E-state index in [-0.39, 0.29) is 6.10 Å². The second kappa shape index (κ2) is 4.77. The Morgan fingerprint density at radius 2 is 1.93 bits per heavy atom. The SMILES string of the molecule is COCOC1CCC(C)c2ccccc21. The van der Waals surface area contributed by atoms with Crippen molar-refractivity contribution in [2.75, 3.05) is 13.9 Å². The van der Waals surface area contributed by atoms with Crippen LogP contribution >= 0.6 is 0 Å². The fourth-order valence-electron chi connectivity index (χ4n) is 2.29. The quantitative estimate of drug-likeness (QED) is 0.707. The fourth-order valence-corrected chi connectivity index (χ4v) is 2.29. The summed E-state index contributed by atoms with van der Waals surface area (Å²) in [5.41, 5.74) is 2.78. The highest BCUT2D eigenvalue weighted by Crippen LogP contribution is 2.38. The highest BCUT2D eigenvalue weighted by atomic mass is 16.7. The number of methoxy groups -OCH3 is 1. The molecular formula is C13H18O2. The van der Waals surface area contributed by atoms with Gasteiger partial charge < -0.3 is 9.47 Å². The monoisotopic (exact) mass is 206 g/mol. The Hall–Kier alpha value is -0.860. The van der Waals surface area contributed by atoms with Crippen molar-refractivity contribution in [2.45, 2.75) is 31.8 Å². The van der Waals surface area contributed by atoms with Crippen molar-refractivity contribution in [1.82, 2.24) is 0 Å². The van der Waals surface area contributed by atoms with Gasteiger partial charge in [0, 0.05) is 7.11 Å². The van der Waals surface area contributed by atoms with Gasteiger partial charge in [0.1, 0.15) is 6.79 Å². The number of benzene rings is 1. The summed E-state index contributed by atoms with van der Waals surface area (Å²) >= 11 is 0. The molecule has 0 spiro atoms. The second-order valence-corrected chi connectivity index (χ2v) is 4.17. The van der Waals surface area contributed by atoms with E-state index in [0.29, 0.717) is 12.7 Å². The van der Waals surface area contributed by atoms with Crippen LogP contribution in [0.5, 0.6) is 0 Å². The molecule has 1 aliphatic carbocycles. The van der Waals surface area contributed by atoms with Crippen LogP contribution in [0.2, 0.25) is 0 Å². The maximum absolute atomic E-state index is 5.68. The Balaban J connectivity index is 2.20. The van der Waals surface area contributed by atoms with E-state index in [1.165, 1.54) is 17.5 Å². The van der Waals surface area contributed by atoms with Crippen molar-refractivity contribution in [3.63, 3.8) is 0 Å². The third-order valence-corrected chi connectivity index (χ3v) is 3.12. The van der Waals surface area contributed by atoms with Crippen LogP contribution in [-0.4, -0.2) is 13.9 Å². The first kappa shape index (κ1) is 10.7. The number of fused-ring (bicyclic) bond motifs is 1. The van der Waals surface area contributed by atoms with Crippen molar-refractivity contribution >= 4 is 0 Å². The van der Waals surface area contributed by atoms with Gasteiger partial charge in [0.25, 0.3) is 0 Å². The number of rotatable bonds is 3. The summed E-state index contributed by atoms with van der Waals surface area (Å²) in [5, 5.41) is 0. The number of hydrogen-bond donors (Lipinski definition) is 0. The summed E-state index contributed by atoms with van der Waals surface area (Å²) in [6.45, 7) is 2.67. The van der Waals surface area contributed by atoms with Gasteiger partial charge in [-0.25, -0.2) is 0 Å². The lowest BCUT2D eigenvalue weighted by Crippen LogP contribution is -2.16. The number of ether oxygens (including phenoxy) is 2. The molecular weight excluding hydrogens is 188 g/mol. The lowest BCUT2D eigenvalue weighted by Gasteiger charge is -2.29. The number of hydrogen-bond acceptors (Lipinski definition) is 2. The zero-order valence-corrected chi connectivity index (χ0v) is 9.40. The molecule has 0 aromatic heterocycles. The lowest BCUT2D eigenvalue weighted by molar-refractivity contribution is -0.0791. The van der Waals surface area contributed by atoms with Gasteiger partial charge in [-0.05, 0) is 29.9 Å². The third kappa shape index (κ3) is 2.21. The molecule has 1 aromatic rings. The molecule has 0 saturated carbocycles. The first-order chi connectivity index (χ1) is 7.33. The first-order valence-corrected chi connectivity index (χ1v) is 5.52. The zero-order valence-electron chi connectivity index (χ0n) is 9.40. The van der Waals surface area contributed by atoms with Crippen LogP contribution in [0.3, 0.4) is 0 Å². The zero-order chi connectivity index (χ0) is 10.7. The molecule has 0 N–H and O–H groups in total. The molecule has 0 fully saturated rings. The summed E-state index contributed by atoms with van der Waals surface area (Å²) in [6.07, 6.45) is 2.52. The van der Waals surface area contributed by atoms with Crippen LogP contribution in [0.15, 0.2) is 24.3 Å². The van der Waals surface area contributed by atoms with Crippen molar-refractivity contribution in [3.8, 4) is 0 Å². The van der Waals surface area contributed by atoms with Gasteiger partial charge >= 0.3 is 0 Å². The Labute approximate surface area is 91.2 Å². The minimum absolute atomic E-state index is 0.220. The molecule has 82 valence electrons. The Kier molecular flexibility index (Phi) is 3.39. The minimum Gasteiger partial charge on any atom is -0.359 e. The van der Waals surface area contributed by atoms with E-state index >= 15 is 0 Å². The van der Waals surface area contributed by atoms with Crippen LogP contribution in [0, 0.1) is 0 Å². The Bertz CT molecular complexity index is 322. The Morgan fingerprint density at radius 3 is 2.67 bits per heavy atom. The predicted octanol–water partition coefficient (Wildman–Crippen LogP) is 3.25. The van der Waals surface area contributed by atoms with Gasteiger partial charge in [-0.2, -0.15) is 0 Å². The largest absolute Gasteiger partial charge is 0.359 e. The van der Waals surface area contributed by atoms with E-state index in [4.69, 9.17) is 9.47 Å². The summed E-state index contributed by atoms with van der Waals surface area (Å²) in [6, 6.07) is 8.57. The molecule has 15 heavy (non-hydrogen) atoms. The summed E-state index contributed by atoms with van der Waals surface area (Å²) < 4.78 is 10.6. The Morgan fingerprint density at radius 1 is 1.20 bits per heavy atom. The van der Waals surface area contributed by atoms with E-state index in [1.807, 2.05) is 0 Å². The van der Waals surface area contributed by atoms with Crippen molar-refractivity contribution in [2.24, 2.45) is 0 Å². The molecule has 1 aliphatic rings. The lowest BCUT2D eigenvalue weighted by atomic mass is 9.82. The standard InChI is InChI=1S/C13H18O2/c1-10-7-8-13(15-9-14-2)12-6-4-3-5-11(10)12/h3-6,10,13H,7-9H2,1-2H3. The van der Waals surface area contributed by atoms with Gasteiger partial charge in [0.05, 0.1) is 6.10 Å². The molecule has 0 saturated heterocycles. The fraction of sp³-hybridized carbons (Fsp3) is 0.538. The molecule has 2 nitrogen and oxygen atoms in total. The first-order valence-electron chi connectivity index (χ1n) is 5.52. The van der Waals surface area contributed by atoms with Crippen molar-refractivity contribution in [1.29, 1.82) is 0 Å². The maximum Gasteiger partial charge on any atom is 0.147 e. The van der Waals surface area contributed by atoms with Gasteiger partial charge in [0.2, 0.25) is 0 Å². The average Bonchev–Trinajstić information content (AvgIpc) is 2.29. The normalized spacial score (nSPS) is 24.9.